The van der Waals surface area contributed by atoms with Crippen LogP contribution < -0.4 is 9.21 Å². The van der Waals surface area contributed by atoms with E-state index in [2.05, 4.69) is 4.98 Å². The molecule has 2 aromatic carbocycles. The molecular formula is C23H21ClF3N3O3S. The molecule has 0 spiro atoms. The first-order valence-corrected chi connectivity index (χ1v) is 12.2. The molecule has 0 unspecified atom stereocenters. The van der Waals surface area contributed by atoms with Crippen LogP contribution in [0.15, 0.2) is 60.8 Å². The Bertz CT molecular complexity index is 1270. The summed E-state index contributed by atoms with van der Waals surface area (Å²) in [6.45, 7) is 1.87. The molecule has 0 atom stereocenters. The lowest BCUT2D eigenvalue weighted by Crippen LogP contribution is -2.29. The fourth-order valence-electron chi connectivity index (χ4n) is 3.26. The zero-order chi connectivity index (χ0) is 25.1. The summed E-state index contributed by atoms with van der Waals surface area (Å²) >= 11 is 6.16. The van der Waals surface area contributed by atoms with Gasteiger partial charge in [-0.1, -0.05) is 29.8 Å². The van der Waals surface area contributed by atoms with E-state index in [0.29, 0.717) is 28.4 Å². The first-order valence-electron chi connectivity index (χ1n) is 9.96. The van der Waals surface area contributed by atoms with Crippen LogP contribution in [0.2, 0.25) is 5.02 Å². The summed E-state index contributed by atoms with van der Waals surface area (Å²) in [5, 5.41) is 0.528. The minimum absolute atomic E-state index is 0.00845. The van der Waals surface area contributed by atoms with Crippen molar-refractivity contribution in [3.8, 4) is 0 Å². The SMILES string of the molecule is Cc1c(Cl)cccc1CN(c1ccc(N(C=O)Cc2ccc(C(F)(F)F)nc2)cc1)S(C)(=O)=O. The highest BCUT2D eigenvalue weighted by Crippen LogP contribution is 2.29. The van der Waals surface area contributed by atoms with Gasteiger partial charge in [-0.15, -0.1) is 0 Å². The maximum absolute atomic E-state index is 12.7. The van der Waals surface area contributed by atoms with Gasteiger partial charge in [0.05, 0.1) is 25.0 Å². The normalized spacial score (nSPS) is 11.8. The molecule has 1 amide bonds. The third kappa shape index (κ3) is 6.06. The van der Waals surface area contributed by atoms with Gasteiger partial charge in [0, 0.05) is 16.9 Å². The Balaban J connectivity index is 1.83. The molecule has 3 rings (SSSR count). The fraction of sp³-hybridized carbons (Fsp3) is 0.217. The van der Waals surface area contributed by atoms with Crippen molar-refractivity contribution in [3.05, 3.63) is 88.2 Å². The van der Waals surface area contributed by atoms with Crippen molar-refractivity contribution in [2.24, 2.45) is 0 Å². The van der Waals surface area contributed by atoms with Gasteiger partial charge in [0.1, 0.15) is 5.69 Å². The number of alkyl halides is 3. The van der Waals surface area contributed by atoms with E-state index in [-0.39, 0.29) is 13.1 Å². The topological polar surface area (TPSA) is 70.6 Å². The number of halogens is 4. The Morgan fingerprint density at radius 3 is 2.18 bits per heavy atom. The zero-order valence-electron chi connectivity index (χ0n) is 18.3. The molecule has 3 aromatic rings. The maximum atomic E-state index is 12.7. The molecule has 1 aromatic heterocycles. The standard InChI is InChI=1S/C23H21ClF3N3O3S/c1-16-18(4-3-5-21(16)24)14-30(34(2,32)33)20-9-7-19(8-10-20)29(15-31)13-17-6-11-22(28-12-17)23(25,26)27/h3-12,15H,13-14H2,1-2H3. The molecule has 11 heteroatoms. The number of carbonyl (C=O) groups is 1. The lowest BCUT2D eigenvalue weighted by Gasteiger charge is -2.25. The van der Waals surface area contributed by atoms with Gasteiger partial charge in [0.2, 0.25) is 16.4 Å². The molecule has 0 aliphatic carbocycles. The van der Waals surface area contributed by atoms with Crippen LogP contribution in [0.25, 0.3) is 0 Å². The first kappa shape index (κ1) is 25.5. The Morgan fingerprint density at radius 1 is 1.00 bits per heavy atom. The van der Waals surface area contributed by atoms with Gasteiger partial charge in [0.25, 0.3) is 0 Å². The molecule has 0 saturated heterocycles. The van der Waals surface area contributed by atoms with Crippen molar-refractivity contribution >= 4 is 39.4 Å². The van der Waals surface area contributed by atoms with E-state index in [1.54, 1.807) is 49.4 Å². The zero-order valence-corrected chi connectivity index (χ0v) is 19.8. The highest BCUT2D eigenvalue weighted by Gasteiger charge is 2.32. The summed E-state index contributed by atoms with van der Waals surface area (Å²) in [4.78, 5) is 16.3. The van der Waals surface area contributed by atoms with E-state index in [0.717, 1.165) is 29.6 Å². The fourth-order valence-corrected chi connectivity index (χ4v) is 4.33. The predicted molar refractivity (Wildman–Crippen MR) is 125 cm³/mol. The van der Waals surface area contributed by atoms with Gasteiger partial charge in [0.15, 0.2) is 0 Å². The molecule has 6 nitrogen and oxygen atoms in total. The number of carbonyl (C=O) groups excluding carboxylic acids is 1. The first-order chi connectivity index (χ1) is 15.9. The molecule has 1 heterocycles. The summed E-state index contributed by atoms with van der Waals surface area (Å²) in [6, 6.07) is 13.6. The summed E-state index contributed by atoms with van der Waals surface area (Å²) in [6.07, 6.45) is -1.85. The van der Waals surface area contributed by atoms with Crippen molar-refractivity contribution in [3.63, 3.8) is 0 Å². The largest absolute Gasteiger partial charge is 0.433 e. The van der Waals surface area contributed by atoms with E-state index in [1.165, 1.54) is 15.3 Å². The summed E-state index contributed by atoms with van der Waals surface area (Å²) in [5.41, 5.74) is 1.71. The summed E-state index contributed by atoms with van der Waals surface area (Å²) in [5.74, 6) is 0. The van der Waals surface area contributed by atoms with E-state index >= 15 is 0 Å². The molecule has 0 N–H and O–H groups in total. The smallest absolute Gasteiger partial charge is 0.311 e. The van der Waals surface area contributed by atoms with Crippen molar-refractivity contribution in [1.82, 2.24) is 4.98 Å². The van der Waals surface area contributed by atoms with Crippen LogP contribution >= 0.6 is 11.6 Å². The van der Waals surface area contributed by atoms with Crippen molar-refractivity contribution in [1.29, 1.82) is 0 Å². The number of rotatable bonds is 8. The molecule has 180 valence electrons. The van der Waals surface area contributed by atoms with E-state index < -0.39 is 21.9 Å². The van der Waals surface area contributed by atoms with Crippen LogP contribution in [0, 0.1) is 6.92 Å². The molecule has 0 aliphatic heterocycles. The molecule has 34 heavy (non-hydrogen) atoms. The number of sulfonamides is 1. The number of aromatic nitrogens is 1. The number of anilines is 2. The van der Waals surface area contributed by atoms with E-state index in [9.17, 15) is 26.4 Å². The Hall–Kier alpha value is -3.11. The predicted octanol–water partition coefficient (Wildman–Crippen LogP) is 5.19. The second-order valence-electron chi connectivity index (χ2n) is 7.59. The van der Waals surface area contributed by atoms with Gasteiger partial charge < -0.3 is 4.90 Å². The maximum Gasteiger partial charge on any atom is 0.433 e. The Kier molecular flexibility index (Phi) is 7.52. The lowest BCUT2D eigenvalue weighted by molar-refractivity contribution is -0.141. The van der Waals surface area contributed by atoms with Crippen LogP contribution in [-0.4, -0.2) is 26.1 Å². The average Bonchev–Trinajstić information content (AvgIpc) is 2.77. The van der Waals surface area contributed by atoms with Gasteiger partial charge in [-0.25, -0.2) is 8.42 Å². The van der Waals surface area contributed by atoms with Crippen LogP contribution in [0.4, 0.5) is 24.5 Å². The highest BCUT2D eigenvalue weighted by molar-refractivity contribution is 7.92. The van der Waals surface area contributed by atoms with Crippen molar-refractivity contribution < 1.29 is 26.4 Å². The molecule has 0 bridgehead atoms. The van der Waals surface area contributed by atoms with Crippen LogP contribution in [0.1, 0.15) is 22.4 Å². The molecule has 0 radical (unpaired) electrons. The van der Waals surface area contributed by atoms with Gasteiger partial charge >= 0.3 is 6.18 Å². The van der Waals surface area contributed by atoms with Crippen LogP contribution in [-0.2, 0) is 34.1 Å². The van der Waals surface area contributed by atoms with Gasteiger partial charge in [-0.2, -0.15) is 13.2 Å². The monoisotopic (exact) mass is 511 g/mol. The number of hydrogen-bond donors (Lipinski definition) is 0. The van der Waals surface area contributed by atoms with Crippen molar-refractivity contribution in [2.45, 2.75) is 26.2 Å². The Morgan fingerprint density at radius 2 is 1.65 bits per heavy atom. The summed E-state index contributed by atoms with van der Waals surface area (Å²) in [7, 11) is -3.64. The van der Waals surface area contributed by atoms with Crippen LogP contribution in [0.3, 0.4) is 0 Å². The Labute approximate surface area is 200 Å². The molecule has 0 saturated carbocycles. The number of hydrogen-bond acceptors (Lipinski definition) is 4. The third-order valence-corrected chi connectivity index (χ3v) is 6.71. The number of pyridine rings is 1. The lowest BCUT2D eigenvalue weighted by atomic mass is 10.1. The minimum atomic E-state index is -4.55. The van der Waals surface area contributed by atoms with Crippen molar-refractivity contribution in [2.75, 3.05) is 15.5 Å². The summed E-state index contributed by atoms with van der Waals surface area (Å²) < 4.78 is 64.3. The second-order valence-corrected chi connectivity index (χ2v) is 9.91. The number of benzene rings is 2. The highest BCUT2D eigenvalue weighted by atomic mass is 35.5. The molecule has 0 fully saturated rings. The quantitative estimate of drug-likeness (QED) is 0.390. The average molecular weight is 512 g/mol. The van der Waals surface area contributed by atoms with Gasteiger partial charge in [-0.3, -0.25) is 14.1 Å². The second kappa shape index (κ2) is 10.0. The minimum Gasteiger partial charge on any atom is -0.311 e. The molecule has 0 aliphatic rings. The van der Waals surface area contributed by atoms with Gasteiger partial charge in [-0.05, 0) is 60.0 Å². The molecular weight excluding hydrogens is 491 g/mol. The van der Waals surface area contributed by atoms with E-state index in [1.807, 2.05) is 0 Å². The third-order valence-electron chi connectivity index (χ3n) is 5.16. The van der Waals surface area contributed by atoms with Crippen LogP contribution in [0.5, 0.6) is 0 Å². The number of amides is 1. The van der Waals surface area contributed by atoms with E-state index in [4.69, 9.17) is 11.6 Å². The number of nitrogens with zero attached hydrogens (tertiary/aromatic N) is 3.